The lowest BCUT2D eigenvalue weighted by atomic mass is 10.1. The number of carbonyl (C=O) groups excluding carboxylic acids is 1. The predicted octanol–water partition coefficient (Wildman–Crippen LogP) is 2.82. The van der Waals surface area contributed by atoms with Gasteiger partial charge < -0.3 is 19.3 Å². The summed E-state index contributed by atoms with van der Waals surface area (Å²) in [5, 5.41) is 0. The van der Waals surface area contributed by atoms with Crippen LogP contribution in [-0.2, 0) is 6.54 Å². The van der Waals surface area contributed by atoms with Crippen molar-refractivity contribution < 1.29 is 14.3 Å². The number of nitrogens with zero attached hydrogens (tertiary/aromatic N) is 4. The zero-order chi connectivity index (χ0) is 19.7. The number of hydrogen-bond acceptors (Lipinski definition) is 6. The molecular weight excluding hydrogens is 356 g/mol. The molecule has 0 N–H and O–H groups in total. The summed E-state index contributed by atoms with van der Waals surface area (Å²) in [7, 11) is 1.60. The van der Waals surface area contributed by atoms with E-state index in [4.69, 9.17) is 14.5 Å². The first-order valence-corrected chi connectivity index (χ1v) is 9.80. The Morgan fingerprint density at radius 1 is 1.25 bits per heavy atom. The number of pyridine rings is 2. The minimum atomic E-state index is 0.0971. The van der Waals surface area contributed by atoms with Gasteiger partial charge in [-0.25, -0.2) is 9.97 Å². The molecule has 2 aliphatic rings. The molecule has 1 fully saturated rings. The highest BCUT2D eigenvalue weighted by Crippen LogP contribution is 2.29. The zero-order valence-corrected chi connectivity index (χ0v) is 16.6. The van der Waals surface area contributed by atoms with E-state index in [1.54, 1.807) is 13.3 Å². The van der Waals surface area contributed by atoms with Gasteiger partial charge in [0.15, 0.2) is 0 Å². The molecule has 0 aliphatic carbocycles. The summed E-state index contributed by atoms with van der Waals surface area (Å²) in [5.41, 5.74) is 2.72. The van der Waals surface area contributed by atoms with Gasteiger partial charge in [0.05, 0.1) is 31.1 Å². The van der Waals surface area contributed by atoms with Crippen LogP contribution in [0, 0.1) is 6.92 Å². The topological polar surface area (TPSA) is 67.8 Å². The van der Waals surface area contributed by atoms with Gasteiger partial charge in [-0.15, -0.1) is 0 Å². The molecule has 0 spiro atoms. The third-order valence-corrected chi connectivity index (χ3v) is 5.47. The maximum Gasteiger partial charge on any atom is 0.256 e. The molecule has 0 atom stereocenters. The number of anilines is 1. The van der Waals surface area contributed by atoms with E-state index in [0.717, 1.165) is 54.3 Å². The Labute approximate surface area is 165 Å². The quantitative estimate of drug-likeness (QED) is 0.792. The third kappa shape index (κ3) is 3.48. The van der Waals surface area contributed by atoms with E-state index < -0.39 is 0 Å². The number of hydrogen-bond donors (Lipinski definition) is 0. The normalized spacial score (nSPS) is 17.0. The van der Waals surface area contributed by atoms with Gasteiger partial charge in [-0.2, -0.15) is 0 Å². The molecule has 2 aromatic heterocycles. The molecule has 0 unspecified atom stereocenters. The second kappa shape index (κ2) is 7.66. The Balaban J connectivity index is 1.41. The Hall–Kier alpha value is -2.83. The predicted molar refractivity (Wildman–Crippen MR) is 106 cm³/mol. The largest absolute Gasteiger partial charge is 0.489 e. The van der Waals surface area contributed by atoms with Crippen LogP contribution in [0.2, 0.25) is 0 Å². The lowest BCUT2D eigenvalue weighted by Crippen LogP contribution is -2.39. The highest BCUT2D eigenvalue weighted by Gasteiger charge is 2.30. The summed E-state index contributed by atoms with van der Waals surface area (Å²) >= 11 is 0. The van der Waals surface area contributed by atoms with Crippen LogP contribution in [-0.4, -0.2) is 53.6 Å². The van der Waals surface area contributed by atoms with E-state index in [1.807, 2.05) is 36.9 Å². The van der Waals surface area contributed by atoms with Gasteiger partial charge >= 0.3 is 0 Å². The maximum absolute atomic E-state index is 12.4. The van der Waals surface area contributed by atoms with E-state index in [9.17, 15) is 4.79 Å². The average Bonchev–Trinajstić information content (AvgIpc) is 3.03. The molecule has 4 rings (SSSR count). The molecule has 4 heterocycles. The van der Waals surface area contributed by atoms with E-state index >= 15 is 0 Å². The summed E-state index contributed by atoms with van der Waals surface area (Å²) in [6.45, 7) is 7.13. The van der Waals surface area contributed by atoms with E-state index in [0.29, 0.717) is 19.0 Å². The zero-order valence-electron chi connectivity index (χ0n) is 16.6. The lowest BCUT2D eigenvalue weighted by Gasteiger charge is -2.33. The average molecular weight is 382 g/mol. The van der Waals surface area contributed by atoms with Gasteiger partial charge in [-0.05, 0) is 31.5 Å². The number of ether oxygens (including phenoxy) is 2. The molecule has 148 valence electrons. The van der Waals surface area contributed by atoms with Crippen molar-refractivity contribution in [3.63, 3.8) is 0 Å². The standard InChI is InChI=1S/C21H26N4O3/c1-4-24-13-18-17(21(24)26)11-14(2)20(23-18)25-9-7-15(8-10-25)28-16-5-6-19(27-3)22-12-16/h5-6,11-12,15H,4,7-10,13H2,1-3H3. The molecule has 0 aromatic carbocycles. The Bertz CT molecular complexity index is 861. The van der Waals surface area contributed by atoms with Crippen LogP contribution in [0.3, 0.4) is 0 Å². The van der Waals surface area contributed by atoms with Crippen molar-refractivity contribution in [1.29, 1.82) is 0 Å². The minimum absolute atomic E-state index is 0.0971. The van der Waals surface area contributed by atoms with E-state index in [2.05, 4.69) is 9.88 Å². The fourth-order valence-electron chi connectivity index (χ4n) is 3.88. The number of piperidine rings is 1. The van der Waals surface area contributed by atoms with Gasteiger partial charge in [0, 0.05) is 38.5 Å². The number of fused-ring (bicyclic) bond motifs is 1. The van der Waals surface area contributed by atoms with Gasteiger partial charge in [-0.3, -0.25) is 4.79 Å². The Kier molecular flexibility index (Phi) is 5.07. The molecule has 2 aliphatic heterocycles. The van der Waals surface area contributed by atoms with E-state index in [1.165, 1.54) is 0 Å². The van der Waals surface area contributed by atoms with Crippen LogP contribution in [0.15, 0.2) is 24.4 Å². The maximum atomic E-state index is 12.4. The first-order chi connectivity index (χ1) is 13.6. The van der Waals surface area contributed by atoms with Crippen LogP contribution in [0.4, 0.5) is 5.82 Å². The molecule has 1 amide bonds. The van der Waals surface area contributed by atoms with Crippen LogP contribution in [0.25, 0.3) is 0 Å². The van der Waals surface area contributed by atoms with Gasteiger partial charge in [0.1, 0.15) is 17.7 Å². The Morgan fingerprint density at radius 2 is 2.04 bits per heavy atom. The number of methoxy groups -OCH3 is 1. The van der Waals surface area contributed by atoms with Crippen molar-refractivity contribution in [3.05, 3.63) is 41.2 Å². The molecule has 7 nitrogen and oxygen atoms in total. The summed E-state index contributed by atoms with van der Waals surface area (Å²) in [6, 6.07) is 5.70. The fraction of sp³-hybridized carbons (Fsp3) is 0.476. The molecule has 2 aromatic rings. The van der Waals surface area contributed by atoms with Gasteiger partial charge in [0.2, 0.25) is 5.88 Å². The smallest absolute Gasteiger partial charge is 0.256 e. The van der Waals surface area contributed by atoms with Crippen molar-refractivity contribution in [2.24, 2.45) is 0 Å². The summed E-state index contributed by atoms with van der Waals surface area (Å²) in [5.74, 6) is 2.44. The van der Waals surface area contributed by atoms with E-state index in [-0.39, 0.29) is 12.0 Å². The SMILES string of the molecule is CCN1Cc2nc(N3CCC(Oc4ccc(OC)nc4)CC3)c(C)cc2C1=O. The third-order valence-electron chi connectivity index (χ3n) is 5.47. The number of aryl methyl sites for hydroxylation is 1. The van der Waals surface area contributed by atoms with Crippen molar-refractivity contribution in [1.82, 2.24) is 14.9 Å². The summed E-state index contributed by atoms with van der Waals surface area (Å²) < 4.78 is 11.2. The molecule has 0 radical (unpaired) electrons. The van der Waals surface area contributed by atoms with Gasteiger partial charge in [0.25, 0.3) is 5.91 Å². The highest BCUT2D eigenvalue weighted by atomic mass is 16.5. The van der Waals surface area contributed by atoms with Gasteiger partial charge in [-0.1, -0.05) is 0 Å². The number of carbonyl (C=O) groups is 1. The monoisotopic (exact) mass is 382 g/mol. The van der Waals surface area contributed by atoms with Crippen LogP contribution >= 0.6 is 0 Å². The molecule has 7 heteroatoms. The van der Waals surface area contributed by atoms with Crippen LogP contribution in [0.5, 0.6) is 11.6 Å². The number of aromatic nitrogens is 2. The molecular formula is C21H26N4O3. The Morgan fingerprint density at radius 3 is 2.68 bits per heavy atom. The van der Waals surface area contributed by atoms with Crippen molar-refractivity contribution in [3.8, 4) is 11.6 Å². The molecule has 1 saturated heterocycles. The summed E-state index contributed by atoms with van der Waals surface area (Å²) in [6.07, 6.45) is 3.71. The van der Waals surface area contributed by atoms with Crippen LogP contribution in [0.1, 0.15) is 41.4 Å². The number of amides is 1. The second-order valence-electron chi connectivity index (χ2n) is 7.28. The summed E-state index contributed by atoms with van der Waals surface area (Å²) in [4.78, 5) is 25.6. The molecule has 0 bridgehead atoms. The molecule has 0 saturated carbocycles. The van der Waals surface area contributed by atoms with Crippen molar-refractivity contribution >= 4 is 11.7 Å². The minimum Gasteiger partial charge on any atom is -0.489 e. The van der Waals surface area contributed by atoms with Crippen LogP contribution < -0.4 is 14.4 Å². The lowest BCUT2D eigenvalue weighted by molar-refractivity contribution is 0.0786. The van der Waals surface area contributed by atoms with Crippen molar-refractivity contribution in [2.45, 2.75) is 39.3 Å². The van der Waals surface area contributed by atoms with Crippen molar-refractivity contribution in [2.75, 3.05) is 31.6 Å². The molecule has 28 heavy (non-hydrogen) atoms. The first-order valence-electron chi connectivity index (χ1n) is 9.80. The highest BCUT2D eigenvalue weighted by molar-refractivity contribution is 5.98. The first kappa shape index (κ1) is 18.5. The second-order valence-corrected chi connectivity index (χ2v) is 7.28. The number of rotatable bonds is 5. The fourth-order valence-corrected chi connectivity index (χ4v) is 3.88.